The zero-order valence-corrected chi connectivity index (χ0v) is 7.68. The third kappa shape index (κ3) is 6.76. The van der Waals surface area contributed by atoms with Crippen molar-refractivity contribution >= 4 is 22.5 Å². The second-order valence-corrected chi connectivity index (χ2v) is 2.99. The molecule has 0 aromatic rings. The fourth-order valence-electron chi connectivity index (χ4n) is 0.427. The Kier molecular flexibility index (Phi) is 7.49. The van der Waals surface area contributed by atoms with Crippen LogP contribution in [-0.4, -0.2) is 36.1 Å². The fourth-order valence-corrected chi connectivity index (χ4v) is 1.14. The molecule has 0 heterocycles. The molecular formula is C5H12NSn+3. The quantitative estimate of drug-likeness (QED) is 0.522. The van der Waals surface area contributed by atoms with E-state index in [1.807, 2.05) is 7.05 Å². The van der Waals surface area contributed by atoms with Crippen LogP contribution >= 0.6 is 0 Å². The first-order valence-corrected chi connectivity index (χ1v) is 4.73. The second kappa shape index (κ2) is 6.76. The molecule has 0 saturated carbocycles. The van der Waals surface area contributed by atoms with Crippen molar-refractivity contribution in [2.45, 2.75) is 17.3 Å². The molecule has 0 saturated heterocycles. The van der Waals surface area contributed by atoms with Crippen molar-refractivity contribution < 1.29 is 0 Å². The number of hydrogen-bond acceptors (Lipinski definition) is 1. The van der Waals surface area contributed by atoms with Crippen molar-refractivity contribution in [3.05, 3.63) is 0 Å². The summed E-state index contributed by atoms with van der Waals surface area (Å²) in [6.45, 7) is 1.19. The van der Waals surface area contributed by atoms with Crippen molar-refractivity contribution in [2.24, 2.45) is 0 Å². The zero-order valence-electron chi connectivity index (χ0n) is 4.83. The van der Waals surface area contributed by atoms with Gasteiger partial charge in [-0.25, -0.2) is 0 Å². The van der Waals surface area contributed by atoms with Gasteiger partial charge in [-0.3, -0.25) is 0 Å². The molecule has 0 rings (SSSR count). The van der Waals surface area contributed by atoms with Crippen LogP contribution in [0.4, 0.5) is 0 Å². The number of nitrogens with one attached hydrogen (secondary N) is 1. The number of unbranched alkanes of at least 4 members (excludes halogenated alkanes) is 1. The van der Waals surface area contributed by atoms with Crippen molar-refractivity contribution in [1.82, 2.24) is 5.32 Å². The zero-order chi connectivity index (χ0) is 5.54. The molecule has 7 heavy (non-hydrogen) atoms. The topological polar surface area (TPSA) is 12.0 Å². The Labute approximate surface area is 59.0 Å². The molecule has 0 fully saturated rings. The minimum absolute atomic E-state index is 1.19. The molecule has 1 N–H and O–H groups in total. The van der Waals surface area contributed by atoms with Gasteiger partial charge in [-0.05, 0) is 0 Å². The molecule has 0 aliphatic carbocycles. The summed E-state index contributed by atoms with van der Waals surface area (Å²) in [5.41, 5.74) is 0. The van der Waals surface area contributed by atoms with E-state index in [-0.39, 0.29) is 0 Å². The van der Waals surface area contributed by atoms with Crippen LogP contribution in [0.5, 0.6) is 0 Å². The predicted molar refractivity (Wildman–Crippen MR) is 33.7 cm³/mol. The molecule has 0 amide bonds. The molecule has 38 valence electrons. The summed E-state index contributed by atoms with van der Waals surface area (Å²) in [4.78, 5) is 0. The fraction of sp³-hybridized carbons (Fsp3) is 1.00. The van der Waals surface area contributed by atoms with Crippen molar-refractivity contribution in [3.63, 3.8) is 0 Å². The molecule has 0 unspecified atom stereocenters. The normalized spacial score (nSPS) is 9.57. The van der Waals surface area contributed by atoms with Crippen LogP contribution in [0, 0.1) is 0 Å². The molecule has 0 spiro atoms. The maximum atomic E-state index is 3.11. The Morgan fingerprint density at radius 1 is 1.43 bits per heavy atom. The van der Waals surface area contributed by atoms with E-state index >= 15 is 0 Å². The van der Waals surface area contributed by atoms with Crippen LogP contribution in [0.1, 0.15) is 12.8 Å². The van der Waals surface area contributed by atoms with Gasteiger partial charge < -0.3 is 0 Å². The Balaban J connectivity index is 2.45. The monoisotopic (exact) mass is 206 g/mol. The van der Waals surface area contributed by atoms with Gasteiger partial charge in [0.2, 0.25) is 0 Å². The summed E-state index contributed by atoms with van der Waals surface area (Å²) in [7, 11) is 2.00. The molecule has 0 aliphatic rings. The van der Waals surface area contributed by atoms with Gasteiger partial charge in [0.25, 0.3) is 0 Å². The van der Waals surface area contributed by atoms with E-state index in [1.54, 1.807) is 22.5 Å². The van der Waals surface area contributed by atoms with Crippen molar-refractivity contribution in [1.29, 1.82) is 0 Å². The van der Waals surface area contributed by atoms with Gasteiger partial charge >= 0.3 is 58.7 Å². The van der Waals surface area contributed by atoms with Gasteiger partial charge in [-0.15, -0.1) is 0 Å². The van der Waals surface area contributed by atoms with Crippen molar-refractivity contribution in [2.75, 3.05) is 13.6 Å². The average Bonchev–Trinajstić information content (AvgIpc) is 1.69. The SMILES string of the molecule is CNCCC[CH2][Sn+3]. The molecule has 0 radical (unpaired) electrons. The van der Waals surface area contributed by atoms with Gasteiger partial charge in [0.05, 0.1) is 0 Å². The third-order valence-electron chi connectivity index (χ3n) is 0.854. The molecular weight excluding hydrogens is 193 g/mol. The van der Waals surface area contributed by atoms with E-state index in [9.17, 15) is 0 Å². The van der Waals surface area contributed by atoms with E-state index in [0.717, 1.165) is 0 Å². The summed E-state index contributed by atoms with van der Waals surface area (Å²) < 4.78 is 1.41. The van der Waals surface area contributed by atoms with Gasteiger partial charge in [-0.2, -0.15) is 0 Å². The maximum absolute atomic E-state index is 3.11. The molecule has 0 aliphatic heterocycles. The third-order valence-corrected chi connectivity index (χ3v) is 1.86. The van der Waals surface area contributed by atoms with Crippen LogP contribution < -0.4 is 5.32 Å². The molecule has 1 nitrogen and oxygen atoms in total. The van der Waals surface area contributed by atoms with E-state index in [2.05, 4.69) is 5.32 Å². The average molecular weight is 205 g/mol. The summed E-state index contributed by atoms with van der Waals surface area (Å²) in [6, 6.07) is 0. The van der Waals surface area contributed by atoms with E-state index in [0.29, 0.717) is 0 Å². The summed E-state index contributed by atoms with van der Waals surface area (Å²) >= 11 is 1.67. The molecule has 0 atom stereocenters. The molecule has 2 heteroatoms. The Morgan fingerprint density at radius 3 is 2.57 bits per heavy atom. The second-order valence-electron chi connectivity index (χ2n) is 1.56. The first kappa shape index (κ1) is 7.76. The van der Waals surface area contributed by atoms with Crippen LogP contribution in [0.2, 0.25) is 4.44 Å². The number of rotatable bonds is 4. The van der Waals surface area contributed by atoms with Gasteiger partial charge in [0.15, 0.2) is 0 Å². The van der Waals surface area contributed by atoms with E-state index in [1.165, 1.54) is 23.8 Å². The first-order valence-electron chi connectivity index (χ1n) is 2.71. The Morgan fingerprint density at radius 2 is 2.14 bits per heavy atom. The van der Waals surface area contributed by atoms with E-state index < -0.39 is 0 Å². The van der Waals surface area contributed by atoms with Gasteiger partial charge in [0.1, 0.15) is 0 Å². The van der Waals surface area contributed by atoms with Crippen LogP contribution in [-0.2, 0) is 0 Å². The molecule has 0 aromatic carbocycles. The predicted octanol–water partition coefficient (Wildman–Crippen LogP) is 0.573. The number of hydrogen-bond donors (Lipinski definition) is 1. The standard InChI is InChI=1S/C5H12N.Sn/c1-3-4-5-6-2;/h6H,1,3-5H2,2H3;/q;+3. The van der Waals surface area contributed by atoms with Crippen LogP contribution in [0.3, 0.4) is 0 Å². The van der Waals surface area contributed by atoms with Crippen LogP contribution in [0.25, 0.3) is 0 Å². The Bertz CT molecular complexity index is 27.3. The van der Waals surface area contributed by atoms with Gasteiger partial charge in [-0.1, -0.05) is 0 Å². The minimum atomic E-state index is 1.19. The summed E-state index contributed by atoms with van der Waals surface area (Å²) in [5.74, 6) is 0. The molecule has 0 bridgehead atoms. The summed E-state index contributed by atoms with van der Waals surface area (Å²) in [6.07, 6.45) is 2.75. The molecule has 0 aromatic heterocycles. The van der Waals surface area contributed by atoms with Gasteiger partial charge in [0, 0.05) is 0 Å². The van der Waals surface area contributed by atoms with E-state index in [4.69, 9.17) is 0 Å². The first-order chi connectivity index (χ1) is 3.41. The van der Waals surface area contributed by atoms with Crippen molar-refractivity contribution in [3.8, 4) is 0 Å². The summed E-state index contributed by atoms with van der Waals surface area (Å²) in [5, 5.41) is 3.11. The van der Waals surface area contributed by atoms with Crippen LogP contribution in [0.15, 0.2) is 0 Å². The Hall–Kier alpha value is 0.759.